The summed E-state index contributed by atoms with van der Waals surface area (Å²) in [4.78, 5) is 23.4. The van der Waals surface area contributed by atoms with Crippen molar-refractivity contribution in [3.63, 3.8) is 0 Å². The fourth-order valence-electron chi connectivity index (χ4n) is 3.16. The number of carbonyl (C=O) groups is 2. The van der Waals surface area contributed by atoms with E-state index in [1.54, 1.807) is 12.1 Å². The molecule has 1 aliphatic heterocycles. The van der Waals surface area contributed by atoms with Crippen LogP contribution >= 0.6 is 0 Å². The highest BCUT2D eigenvalue weighted by atomic mass is 16.5. The molecule has 0 saturated carbocycles. The predicted molar refractivity (Wildman–Crippen MR) is 87.3 cm³/mol. The molecule has 1 amide bonds. The molecular formula is C19H19NO3. The summed E-state index contributed by atoms with van der Waals surface area (Å²) < 4.78 is 5.07. The molecule has 4 nitrogen and oxygen atoms in total. The van der Waals surface area contributed by atoms with Crippen LogP contribution in [0.2, 0.25) is 0 Å². The summed E-state index contributed by atoms with van der Waals surface area (Å²) in [6.45, 7) is 2.06. The average molecular weight is 309 g/mol. The summed E-state index contributed by atoms with van der Waals surface area (Å²) in [6.07, 6.45) is 0.887. The molecule has 1 heterocycles. The Morgan fingerprint density at radius 2 is 1.74 bits per heavy atom. The van der Waals surface area contributed by atoms with Gasteiger partial charge in [0, 0.05) is 19.4 Å². The third-order valence-electron chi connectivity index (χ3n) is 4.17. The van der Waals surface area contributed by atoms with E-state index in [-0.39, 0.29) is 23.7 Å². The number of ether oxygens (including phenoxy) is 1. The Morgan fingerprint density at radius 3 is 2.39 bits per heavy atom. The minimum Gasteiger partial charge on any atom is -0.427 e. The van der Waals surface area contributed by atoms with E-state index in [2.05, 4.69) is 5.32 Å². The van der Waals surface area contributed by atoms with Crippen molar-refractivity contribution >= 4 is 11.9 Å². The molecule has 0 unspecified atom stereocenters. The first-order chi connectivity index (χ1) is 11.1. The minimum absolute atomic E-state index is 0.0662. The molecule has 0 aromatic heterocycles. The minimum atomic E-state index is -0.336. The Kier molecular flexibility index (Phi) is 4.42. The second-order valence-corrected chi connectivity index (χ2v) is 5.74. The molecule has 0 radical (unpaired) electrons. The molecule has 0 aliphatic carbocycles. The van der Waals surface area contributed by atoms with Crippen molar-refractivity contribution in [1.82, 2.24) is 5.32 Å². The van der Waals surface area contributed by atoms with Gasteiger partial charge >= 0.3 is 5.97 Å². The van der Waals surface area contributed by atoms with Gasteiger partial charge in [0.15, 0.2) is 0 Å². The molecular weight excluding hydrogens is 290 g/mol. The van der Waals surface area contributed by atoms with Crippen molar-refractivity contribution in [3.8, 4) is 5.75 Å². The van der Waals surface area contributed by atoms with Crippen molar-refractivity contribution in [1.29, 1.82) is 0 Å². The van der Waals surface area contributed by atoms with E-state index in [9.17, 15) is 9.59 Å². The monoisotopic (exact) mass is 309 g/mol. The van der Waals surface area contributed by atoms with Crippen LogP contribution in [0.5, 0.6) is 5.75 Å². The topological polar surface area (TPSA) is 55.4 Å². The zero-order valence-corrected chi connectivity index (χ0v) is 13.0. The number of amides is 1. The first-order valence-electron chi connectivity index (χ1n) is 7.76. The third kappa shape index (κ3) is 3.42. The van der Waals surface area contributed by atoms with E-state index >= 15 is 0 Å². The van der Waals surface area contributed by atoms with Crippen LogP contribution in [0, 0.1) is 0 Å². The van der Waals surface area contributed by atoms with Crippen LogP contribution in [-0.4, -0.2) is 18.4 Å². The highest BCUT2D eigenvalue weighted by Gasteiger charge is 2.34. The Hall–Kier alpha value is -2.62. The van der Waals surface area contributed by atoms with E-state index < -0.39 is 0 Å². The van der Waals surface area contributed by atoms with Crippen molar-refractivity contribution in [3.05, 3.63) is 65.7 Å². The van der Waals surface area contributed by atoms with Gasteiger partial charge < -0.3 is 10.1 Å². The van der Waals surface area contributed by atoms with Gasteiger partial charge in [0.05, 0.1) is 5.92 Å². The maximum Gasteiger partial charge on any atom is 0.308 e. The molecule has 1 aliphatic rings. The van der Waals surface area contributed by atoms with Crippen LogP contribution < -0.4 is 10.1 Å². The average Bonchev–Trinajstić information content (AvgIpc) is 2.55. The van der Waals surface area contributed by atoms with Crippen LogP contribution in [0.3, 0.4) is 0 Å². The normalized spacial score (nSPS) is 20.7. The molecule has 1 fully saturated rings. The lowest BCUT2D eigenvalue weighted by molar-refractivity contribution is -0.131. The summed E-state index contributed by atoms with van der Waals surface area (Å²) in [6, 6.07) is 17.3. The zero-order chi connectivity index (χ0) is 16.2. The van der Waals surface area contributed by atoms with Gasteiger partial charge in [-0.3, -0.25) is 9.59 Å². The molecule has 23 heavy (non-hydrogen) atoms. The maximum atomic E-state index is 12.4. The first-order valence-corrected chi connectivity index (χ1v) is 7.76. The maximum absolute atomic E-state index is 12.4. The van der Waals surface area contributed by atoms with E-state index in [1.807, 2.05) is 42.5 Å². The molecule has 2 aromatic carbocycles. The Morgan fingerprint density at radius 1 is 1.04 bits per heavy atom. The lowest BCUT2D eigenvalue weighted by Gasteiger charge is -2.32. The second kappa shape index (κ2) is 6.65. The van der Waals surface area contributed by atoms with Crippen molar-refractivity contribution in [2.24, 2.45) is 0 Å². The standard InChI is InChI=1S/C19H19NO3/c1-13(21)23-16-9-7-14(8-10-16)17-11-12-20-19(22)18(17)15-5-3-2-4-6-15/h2-10,17-18H,11-12H2,1H3,(H,20,22)/t17-,18-/m1/s1. The van der Waals surface area contributed by atoms with Crippen LogP contribution in [-0.2, 0) is 9.59 Å². The number of rotatable bonds is 3. The highest BCUT2D eigenvalue weighted by molar-refractivity contribution is 5.85. The molecule has 118 valence electrons. The molecule has 4 heteroatoms. The van der Waals surface area contributed by atoms with E-state index in [1.165, 1.54) is 6.92 Å². The first kappa shape index (κ1) is 15.3. The fraction of sp³-hybridized carbons (Fsp3) is 0.263. The summed E-state index contributed by atoms with van der Waals surface area (Å²) >= 11 is 0. The van der Waals surface area contributed by atoms with Gasteiger partial charge in [0.2, 0.25) is 5.91 Å². The van der Waals surface area contributed by atoms with Crippen molar-refractivity contribution < 1.29 is 14.3 Å². The predicted octanol–water partition coefficient (Wildman–Crippen LogP) is 3.00. The Balaban J connectivity index is 1.89. The second-order valence-electron chi connectivity index (χ2n) is 5.74. The van der Waals surface area contributed by atoms with Gasteiger partial charge in [-0.05, 0) is 29.7 Å². The van der Waals surface area contributed by atoms with E-state index in [0.717, 1.165) is 17.5 Å². The number of hydrogen-bond acceptors (Lipinski definition) is 3. The van der Waals surface area contributed by atoms with Gasteiger partial charge in [-0.2, -0.15) is 0 Å². The fourth-order valence-corrected chi connectivity index (χ4v) is 3.16. The van der Waals surface area contributed by atoms with E-state index in [0.29, 0.717) is 12.3 Å². The van der Waals surface area contributed by atoms with Gasteiger partial charge in [-0.25, -0.2) is 0 Å². The quantitative estimate of drug-likeness (QED) is 0.700. The smallest absolute Gasteiger partial charge is 0.308 e. The van der Waals surface area contributed by atoms with Gasteiger partial charge in [0.1, 0.15) is 5.75 Å². The van der Waals surface area contributed by atoms with E-state index in [4.69, 9.17) is 4.74 Å². The number of nitrogens with one attached hydrogen (secondary N) is 1. The SMILES string of the molecule is CC(=O)Oc1ccc([C@H]2CCNC(=O)[C@@H]2c2ccccc2)cc1. The largest absolute Gasteiger partial charge is 0.427 e. The molecule has 1 N–H and O–H groups in total. The molecule has 0 bridgehead atoms. The van der Waals surface area contributed by atoms with Gasteiger partial charge in [-0.15, -0.1) is 0 Å². The van der Waals surface area contributed by atoms with Crippen LogP contribution in [0.4, 0.5) is 0 Å². The van der Waals surface area contributed by atoms with Crippen molar-refractivity contribution in [2.45, 2.75) is 25.2 Å². The Bertz CT molecular complexity index is 694. The third-order valence-corrected chi connectivity index (χ3v) is 4.17. The highest BCUT2D eigenvalue weighted by Crippen LogP contribution is 2.38. The number of piperidine rings is 1. The Labute approximate surface area is 135 Å². The van der Waals surface area contributed by atoms with Gasteiger partial charge in [0.25, 0.3) is 0 Å². The summed E-state index contributed by atoms with van der Waals surface area (Å²) in [5.74, 6) is 0.188. The molecule has 1 saturated heterocycles. The number of esters is 1. The summed E-state index contributed by atoms with van der Waals surface area (Å²) in [5.41, 5.74) is 2.11. The number of benzene rings is 2. The summed E-state index contributed by atoms with van der Waals surface area (Å²) in [7, 11) is 0. The number of hydrogen-bond donors (Lipinski definition) is 1. The lowest BCUT2D eigenvalue weighted by Crippen LogP contribution is -2.39. The van der Waals surface area contributed by atoms with Gasteiger partial charge in [-0.1, -0.05) is 42.5 Å². The molecule has 2 atom stereocenters. The molecule has 2 aromatic rings. The zero-order valence-electron chi connectivity index (χ0n) is 13.0. The lowest BCUT2D eigenvalue weighted by atomic mass is 9.77. The van der Waals surface area contributed by atoms with Crippen LogP contribution in [0.1, 0.15) is 36.3 Å². The van der Waals surface area contributed by atoms with Crippen molar-refractivity contribution in [2.75, 3.05) is 6.54 Å². The number of carbonyl (C=O) groups excluding carboxylic acids is 2. The molecule has 3 rings (SSSR count). The van der Waals surface area contributed by atoms with Crippen LogP contribution in [0.15, 0.2) is 54.6 Å². The molecule has 0 spiro atoms. The van der Waals surface area contributed by atoms with Crippen LogP contribution in [0.25, 0.3) is 0 Å². The summed E-state index contributed by atoms with van der Waals surface area (Å²) in [5, 5.41) is 2.96.